The van der Waals surface area contributed by atoms with Gasteiger partial charge in [0.15, 0.2) is 11.5 Å². The van der Waals surface area contributed by atoms with Gasteiger partial charge in [-0.3, -0.25) is 0 Å². The van der Waals surface area contributed by atoms with Crippen LogP contribution in [0.5, 0.6) is 11.5 Å². The first-order chi connectivity index (χ1) is 14.9. The molecule has 3 rings (SSSR count). The Hall–Kier alpha value is -2.91. The van der Waals surface area contributed by atoms with Crippen molar-refractivity contribution in [2.45, 2.75) is 39.0 Å². The number of benzene rings is 2. The number of anilines is 2. The first-order valence-corrected chi connectivity index (χ1v) is 10.8. The van der Waals surface area contributed by atoms with Crippen molar-refractivity contribution in [2.24, 2.45) is 5.41 Å². The average Bonchev–Trinajstić information content (AvgIpc) is 2.79. The highest BCUT2D eigenvalue weighted by atomic mass is 16.5. The molecule has 1 aliphatic rings. The predicted octanol–water partition coefficient (Wildman–Crippen LogP) is 4.95. The second-order valence-corrected chi connectivity index (χ2v) is 8.73. The summed E-state index contributed by atoms with van der Waals surface area (Å²) in [5.41, 5.74) is 8.64. The molecule has 1 saturated heterocycles. The van der Waals surface area contributed by atoms with Crippen LogP contribution in [-0.2, 0) is 4.74 Å². The monoisotopic (exact) mass is 423 g/mol. The Morgan fingerprint density at radius 2 is 2.03 bits per heavy atom. The maximum atomic E-state index is 9.14. The summed E-state index contributed by atoms with van der Waals surface area (Å²) in [6, 6.07) is 16.3. The third-order valence-corrected chi connectivity index (χ3v) is 5.66. The fraction of sp³-hybridized carbons (Fsp3) is 0.480. The molecule has 0 bridgehead atoms. The van der Waals surface area contributed by atoms with Gasteiger partial charge in [-0.25, -0.2) is 0 Å². The number of methoxy groups -OCH3 is 1. The lowest BCUT2D eigenvalue weighted by molar-refractivity contribution is 0.0916. The fourth-order valence-electron chi connectivity index (χ4n) is 3.75. The standard InChI is InChI=1S/C25H33N3O3/c1-25(2,17-26)11-4-5-12-31-24-13-19(9-10-23(24)29-3)20-15-28(18-30-16-20)22-8-6-7-21(27)14-22/h6-10,13-14,20H,4-5,11-12,15-16,18,27H2,1-3H3/t20-/m1/s1. The minimum absolute atomic E-state index is 0.222. The zero-order valence-electron chi connectivity index (χ0n) is 18.8. The maximum Gasteiger partial charge on any atom is 0.161 e. The number of hydrogen-bond acceptors (Lipinski definition) is 6. The molecule has 2 N–H and O–H groups in total. The quantitative estimate of drug-likeness (QED) is 0.454. The normalized spacial score (nSPS) is 16.6. The van der Waals surface area contributed by atoms with E-state index >= 15 is 0 Å². The van der Waals surface area contributed by atoms with E-state index in [1.54, 1.807) is 7.11 Å². The summed E-state index contributed by atoms with van der Waals surface area (Å²) >= 11 is 0. The number of rotatable bonds is 9. The van der Waals surface area contributed by atoms with Gasteiger partial charge in [0.25, 0.3) is 0 Å². The summed E-state index contributed by atoms with van der Waals surface area (Å²) in [6.07, 6.45) is 2.71. The summed E-state index contributed by atoms with van der Waals surface area (Å²) in [5.74, 6) is 1.70. The molecular weight excluding hydrogens is 390 g/mol. The zero-order chi connectivity index (χ0) is 22.3. The molecule has 1 atom stereocenters. The van der Waals surface area contributed by atoms with E-state index in [1.165, 1.54) is 0 Å². The van der Waals surface area contributed by atoms with Crippen molar-refractivity contribution in [2.75, 3.05) is 44.2 Å². The van der Waals surface area contributed by atoms with Gasteiger partial charge in [0.1, 0.15) is 6.73 Å². The summed E-state index contributed by atoms with van der Waals surface area (Å²) in [5, 5.41) is 9.14. The van der Waals surface area contributed by atoms with E-state index in [9.17, 15) is 0 Å². The minimum atomic E-state index is -0.284. The fourth-order valence-corrected chi connectivity index (χ4v) is 3.75. The third-order valence-electron chi connectivity index (χ3n) is 5.66. The van der Waals surface area contributed by atoms with Gasteiger partial charge in [-0.05, 0) is 69.0 Å². The molecule has 166 valence electrons. The van der Waals surface area contributed by atoms with E-state index in [1.807, 2.05) is 38.1 Å². The number of hydrogen-bond donors (Lipinski definition) is 1. The van der Waals surface area contributed by atoms with E-state index in [4.69, 9.17) is 25.2 Å². The van der Waals surface area contributed by atoms with Gasteiger partial charge in [-0.1, -0.05) is 12.1 Å². The first-order valence-electron chi connectivity index (χ1n) is 10.8. The van der Waals surface area contributed by atoms with Crippen LogP contribution >= 0.6 is 0 Å². The summed E-state index contributed by atoms with van der Waals surface area (Å²) in [6.45, 7) is 6.60. The predicted molar refractivity (Wildman–Crippen MR) is 123 cm³/mol. The van der Waals surface area contributed by atoms with Crippen LogP contribution < -0.4 is 20.1 Å². The molecule has 31 heavy (non-hydrogen) atoms. The molecule has 1 aliphatic heterocycles. The first kappa shape index (κ1) is 22.8. The van der Waals surface area contributed by atoms with Crippen LogP contribution in [0.15, 0.2) is 42.5 Å². The van der Waals surface area contributed by atoms with Crippen molar-refractivity contribution in [3.63, 3.8) is 0 Å². The smallest absolute Gasteiger partial charge is 0.161 e. The van der Waals surface area contributed by atoms with Crippen molar-refractivity contribution in [3.05, 3.63) is 48.0 Å². The van der Waals surface area contributed by atoms with Crippen LogP contribution in [0, 0.1) is 16.7 Å². The highest BCUT2D eigenvalue weighted by Crippen LogP contribution is 2.34. The number of nitriles is 1. The van der Waals surface area contributed by atoms with Crippen LogP contribution in [0.2, 0.25) is 0 Å². The van der Waals surface area contributed by atoms with Crippen molar-refractivity contribution >= 4 is 11.4 Å². The van der Waals surface area contributed by atoms with Crippen LogP contribution in [0.25, 0.3) is 0 Å². The Kier molecular flexibility index (Phi) is 7.64. The number of unbranched alkanes of at least 4 members (excludes halogenated alkanes) is 1. The van der Waals surface area contributed by atoms with Gasteiger partial charge in [0.05, 0.1) is 31.8 Å². The molecule has 0 radical (unpaired) electrons. The summed E-state index contributed by atoms with van der Waals surface area (Å²) in [4.78, 5) is 2.20. The number of nitrogens with zero attached hydrogens (tertiary/aromatic N) is 2. The van der Waals surface area contributed by atoms with Crippen LogP contribution in [0.1, 0.15) is 44.6 Å². The summed E-state index contributed by atoms with van der Waals surface area (Å²) < 4.78 is 17.4. The second-order valence-electron chi connectivity index (χ2n) is 8.73. The van der Waals surface area contributed by atoms with Crippen LogP contribution in [-0.4, -0.2) is 33.6 Å². The zero-order valence-corrected chi connectivity index (χ0v) is 18.8. The largest absolute Gasteiger partial charge is 0.493 e. The van der Waals surface area contributed by atoms with E-state index in [-0.39, 0.29) is 11.3 Å². The summed E-state index contributed by atoms with van der Waals surface area (Å²) in [7, 11) is 1.66. The van der Waals surface area contributed by atoms with Crippen LogP contribution in [0.3, 0.4) is 0 Å². The van der Waals surface area contributed by atoms with Crippen molar-refractivity contribution in [1.29, 1.82) is 5.26 Å². The number of nitrogen functional groups attached to an aromatic ring is 1. The molecule has 6 heteroatoms. The van der Waals surface area contributed by atoms with Gasteiger partial charge in [-0.2, -0.15) is 5.26 Å². The van der Waals surface area contributed by atoms with E-state index < -0.39 is 0 Å². The highest BCUT2D eigenvalue weighted by Gasteiger charge is 2.23. The molecule has 1 heterocycles. The molecule has 0 aliphatic carbocycles. The molecule has 2 aromatic carbocycles. The average molecular weight is 424 g/mol. The van der Waals surface area contributed by atoms with Crippen molar-refractivity contribution in [3.8, 4) is 17.6 Å². The molecule has 0 saturated carbocycles. The van der Waals surface area contributed by atoms with E-state index in [0.29, 0.717) is 19.9 Å². The maximum absolute atomic E-state index is 9.14. The van der Waals surface area contributed by atoms with E-state index in [0.717, 1.165) is 54.2 Å². The van der Waals surface area contributed by atoms with Crippen LogP contribution in [0.4, 0.5) is 11.4 Å². The van der Waals surface area contributed by atoms with Gasteiger partial charge in [0.2, 0.25) is 0 Å². The molecule has 0 spiro atoms. The Labute approximate surface area is 185 Å². The lowest BCUT2D eigenvalue weighted by Crippen LogP contribution is -2.38. The van der Waals surface area contributed by atoms with Gasteiger partial charge < -0.3 is 24.8 Å². The molecule has 0 aromatic heterocycles. The molecule has 6 nitrogen and oxygen atoms in total. The lowest BCUT2D eigenvalue weighted by Gasteiger charge is -2.34. The second kappa shape index (κ2) is 10.4. The molecular formula is C25H33N3O3. The molecule has 0 unspecified atom stereocenters. The molecule has 2 aromatic rings. The van der Waals surface area contributed by atoms with E-state index in [2.05, 4.69) is 29.2 Å². The van der Waals surface area contributed by atoms with Gasteiger partial charge in [-0.15, -0.1) is 0 Å². The van der Waals surface area contributed by atoms with Gasteiger partial charge >= 0.3 is 0 Å². The van der Waals surface area contributed by atoms with Crippen molar-refractivity contribution in [1.82, 2.24) is 0 Å². The highest BCUT2D eigenvalue weighted by molar-refractivity contribution is 5.56. The molecule has 1 fully saturated rings. The van der Waals surface area contributed by atoms with Crippen molar-refractivity contribution < 1.29 is 14.2 Å². The Balaban J connectivity index is 1.63. The van der Waals surface area contributed by atoms with Gasteiger partial charge in [0, 0.05) is 23.8 Å². The number of nitrogens with two attached hydrogens (primary N) is 1. The SMILES string of the molecule is COc1ccc([C@H]2COCN(c3cccc(N)c3)C2)cc1OCCCCC(C)(C)C#N. The topological polar surface area (TPSA) is 80.7 Å². The number of ether oxygens (including phenoxy) is 3. The third kappa shape index (κ3) is 6.28. The minimum Gasteiger partial charge on any atom is -0.493 e. The lowest BCUT2D eigenvalue weighted by atomic mass is 9.89. The Morgan fingerprint density at radius 3 is 2.77 bits per heavy atom. The Morgan fingerprint density at radius 1 is 1.19 bits per heavy atom. The Bertz CT molecular complexity index is 907. The molecule has 0 amide bonds.